The van der Waals surface area contributed by atoms with Gasteiger partial charge in [-0.15, -0.1) is 15.3 Å². The normalized spacial score (nSPS) is 22.9. The van der Waals surface area contributed by atoms with Crippen LogP contribution in [0.4, 0.5) is 8.78 Å². The molecule has 0 bridgehead atoms. The van der Waals surface area contributed by atoms with Crippen molar-refractivity contribution in [3.05, 3.63) is 82.1 Å². The topological polar surface area (TPSA) is 144 Å². The van der Waals surface area contributed by atoms with Crippen LogP contribution >= 0.6 is 23.2 Å². The zero-order valence-electron chi connectivity index (χ0n) is 21.1. The largest absolute Gasteiger partial charge is 0.394 e. The van der Waals surface area contributed by atoms with Crippen molar-refractivity contribution in [2.75, 3.05) is 6.61 Å². The van der Waals surface area contributed by atoms with Gasteiger partial charge in [0, 0.05) is 22.2 Å². The maximum absolute atomic E-state index is 14.1. The minimum atomic E-state index is -1.50. The van der Waals surface area contributed by atoms with Crippen molar-refractivity contribution in [1.29, 1.82) is 0 Å². The molecule has 11 nitrogen and oxygen atoms in total. The molecule has 15 heteroatoms. The third-order valence-electron chi connectivity index (χ3n) is 6.98. The second kappa shape index (κ2) is 10.7. The lowest BCUT2D eigenvalue weighted by Crippen LogP contribution is -2.53. The Morgan fingerprint density at radius 3 is 2.51 bits per heavy atom. The lowest BCUT2D eigenvalue weighted by Gasteiger charge is -2.41. The summed E-state index contributed by atoms with van der Waals surface area (Å²) >= 11 is 12.0. The molecule has 4 heterocycles. The number of hydrogen-bond donors (Lipinski definition) is 3. The monoisotopic (exact) mass is 603 g/mol. The van der Waals surface area contributed by atoms with E-state index in [0.717, 1.165) is 22.2 Å². The van der Waals surface area contributed by atoms with E-state index in [0.29, 0.717) is 22.1 Å². The lowest BCUT2D eigenvalue weighted by atomic mass is 9.92. The fourth-order valence-corrected chi connectivity index (χ4v) is 5.38. The number of halogens is 4. The standard InChI is InChI=1S/C26H21Cl2F2N7O4/c1-11-32-34-26(37(11)18-8-14(27)5-12-3-2-4-31-21(12)18)25-24(40)22(23(39)19(10-38)41-25)36-9-17(33-35-36)13-6-15(29)20(28)16(30)7-13/h2-9,19,22-25,38-40H,10H2,1H3/t19-,22+,23+,24-,25-/m1/s1. The van der Waals surface area contributed by atoms with Gasteiger partial charge in [-0.3, -0.25) is 9.55 Å². The molecule has 6 rings (SSSR count). The summed E-state index contributed by atoms with van der Waals surface area (Å²) in [7, 11) is 0. The Morgan fingerprint density at radius 2 is 1.78 bits per heavy atom. The molecule has 2 aromatic carbocycles. The number of hydrogen-bond acceptors (Lipinski definition) is 9. The van der Waals surface area contributed by atoms with Gasteiger partial charge in [-0.1, -0.05) is 34.5 Å². The van der Waals surface area contributed by atoms with Crippen LogP contribution in [0.2, 0.25) is 10.0 Å². The maximum Gasteiger partial charge on any atom is 0.169 e. The van der Waals surface area contributed by atoms with Crippen LogP contribution in [0.3, 0.4) is 0 Å². The van der Waals surface area contributed by atoms with Gasteiger partial charge in [0.15, 0.2) is 5.82 Å². The number of aliphatic hydroxyl groups excluding tert-OH is 3. The molecule has 5 aromatic rings. The Kier molecular flexibility index (Phi) is 7.18. The molecule has 0 unspecified atom stereocenters. The molecular formula is C26H21Cl2F2N7O4. The van der Waals surface area contributed by atoms with Gasteiger partial charge in [0.2, 0.25) is 0 Å². The quantitative estimate of drug-likeness (QED) is 0.257. The van der Waals surface area contributed by atoms with Crippen LogP contribution in [0.5, 0.6) is 0 Å². The Morgan fingerprint density at radius 1 is 1.02 bits per heavy atom. The number of nitrogens with zero attached hydrogens (tertiary/aromatic N) is 7. The Labute approximate surface area is 240 Å². The average Bonchev–Trinajstić information content (AvgIpc) is 3.58. The summed E-state index contributed by atoms with van der Waals surface area (Å²) in [6.07, 6.45) is -2.42. The molecule has 0 aliphatic carbocycles. The number of aryl methyl sites for hydroxylation is 1. The van der Waals surface area contributed by atoms with Gasteiger partial charge in [0.05, 0.1) is 24.0 Å². The van der Waals surface area contributed by atoms with Crippen molar-refractivity contribution in [3.63, 3.8) is 0 Å². The van der Waals surface area contributed by atoms with Gasteiger partial charge < -0.3 is 20.1 Å². The minimum absolute atomic E-state index is 0.0395. The molecule has 1 aliphatic rings. The predicted molar refractivity (Wildman–Crippen MR) is 143 cm³/mol. The molecule has 0 spiro atoms. The van der Waals surface area contributed by atoms with Crippen molar-refractivity contribution in [2.45, 2.75) is 37.4 Å². The van der Waals surface area contributed by atoms with Gasteiger partial charge >= 0.3 is 0 Å². The van der Waals surface area contributed by atoms with Crippen LogP contribution in [0.1, 0.15) is 23.8 Å². The van der Waals surface area contributed by atoms with E-state index >= 15 is 0 Å². The molecule has 5 atom stereocenters. The van der Waals surface area contributed by atoms with E-state index < -0.39 is 53.7 Å². The Hall–Kier alpha value is -3.59. The van der Waals surface area contributed by atoms with E-state index in [-0.39, 0.29) is 17.1 Å². The summed E-state index contributed by atoms with van der Waals surface area (Å²) in [5.74, 6) is -1.38. The number of fused-ring (bicyclic) bond motifs is 1. The number of aliphatic hydroxyl groups is 3. The smallest absolute Gasteiger partial charge is 0.169 e. The molecule has 3 N–H and O–H groups in total. The molecule has 1 saturated heterocycles. The van der Waals surface area contributed by atoms with Crippen molar-refractivity contribution in [2.24, 2.45) is 0 Å². The van der Waals surface area contributed by atoms with Crippen LogP contribution in [-0.2, 0) is 4.74 Å². The van der Waals surface area contributed by atoms with Gasteiger partial charge in [-0.25, -0.2) is 13.5 Å². The van der Waals surface area contributed by atoms with E-state index in [1.54, 1.807) is 35.9 Å². The number of rotatable bonds is 5. The SMILES string of the molecule is Cc1nnc([C@@H]2O[C@H](CO)[C@H](O)[C@H](n3cc(-c4cc(F)c(Cl)c(F)c4)nn3)[C@H]2O)n1-c1cc(Cl)cc2cccnc12. The fraction of sp³-hybridized carbons (Fsp3) is 0.269. The first kappa shape index (κ1) is 27.6. The molecule has 212 valence electrons. The first-order chi connectivity index (χ1) is 19.7. The zero-order valence-corrected chi connectivity index (χ0v) is 22.6. The summed E-state index contributed by atoms with van der Waals surface area (Å²) in [6.45, 7) is 1.09. The number of pyridine rings is 1. The molecule has 1 aliphatic heterocycles. The van der Waals surface area contributed by atoms with E-state index in [2.05, 4.69) is 25.5 Å². The molecule has 3 aromatic heterocycles. The minimum Gasteiger partial charge on any atom is -0.394 e. The van der Waals surface area contributed by atoms with Crippen molar-refractivity contribution >= 4 is 34.1 Å². The van der Waals surface area contributed by atoms with E-state index in [1.807, 2.05) is 6.07 Å². The summed E-state index contributed by atoms with van der Waals surface area (Å²) in [6, 6.07) is 7.82. The number of benzene rings is 2. The molecule has 0 radical (unpaired) electrons. The average molecular weight is 604 g/mol. The summed E-state index contributed by atoms with van der Waals surface area (Å²) in [4.78, 5) is 4.48. The van der Waals surface area contributed by atoms with Crippen LogP contribution in [0.25, 0.3) is 27.8 Å². The van der Waals surface area contributed by atoms with Crippen LogP contribution in [0.15, 0.2) is 48.8 Å². The third-order valence-corrected chi connectivity index (χ3v) is 7.56. The van der Waals surface area contributed by atoms with Crippen LogP contribution < -0.4 is 0 Å². The summed E-state index contributed by atoms with van der Waals surface area (Å²) < 4.78 is 36.9. The zero-order chi connectivity index (χ0) is 29.0. The Bertz CT molecular complexity index is 1740. The van der Waals surface area contributed by atoms with Gasteiger partial charge in [-0.05, 0) is 37.3 Å². The third kappa shape index (κ3) is 4.74. The first-order valence-corrected chi connectivity index (χ1v) is 13.1. The molecular weight excluding hydrogens is 583 g/mol. The number of ether oxygens (including phenoxy) is 1. The molecule has 0 amide bonds. The van der Waals surface area contributed by atoms with Gasteiger partial charge in [0.25, 0.3) is 0 Å². The molecule has 1 fully saturated rings. The first-order valence-electron chi connectivity index (χ1n) is 12.3. The highest BCUT2D eigenvalue weighted by Crippen LogP contribution is 2.39. The highest BCUT2D eigenvalue weighted by molar-refractivity contribution is 6.31. The number of aromatic nitrogens is 7. The van der Waals surface area contributed by atoms with E-state index in [1.165, 1.54) is 6.20 Å². The van der Waals surface area contributed by atoms with Gasteiger partial charge in [0.1, 0.15) is 58.6 Å². The molecule has 41 heavy (non-hydrogen) atoms. The summed E-state index contributed by atoms with van der Waals surface area (Å²) in [5, 5.41) is 49.6. The second-order valence-electron chi connectivity index (χ2n) is 9.53. The van der Waals surface area contributed by atoms with Crippen molar-refractivity contribution in [3.8, 4) is 16.9 Å². The maximum atomic E-state index is 14.1. The van der Waals surface area contributed by atoms with E-state index in [4.69, 9.17) is 27.9 Å². The van der Waals surface area contributed by atoms with Crippen LogP contribution in [0, 0.1) is 18.6 Å². The van der Waals surface area contributed by atoms with Crippen molar-refractivity contribution < 1.29 is 28.8 Å². The lowest BCUT2D eigenvalue weighted by molar-refractivity contribution is -0.210. The highest BCUT2D eigenvalue weighted by atomic mass is 35.5. The summed E-state index contributed by atoms with van der Waals surface area (Å²) in [5.41, 5.74) is 1.21. The van der Waals surface area contributed by atoms with Crippen molar-refractivity contribution in [1.82, 2.24) is 34.7 Å². The van der Waals surface area contributed by atoms with Crippen LogP contribution in [-0.4, -0.2) is 75.0 Å². The van der Waals surface area contributed by atoms with E-state index in [9.17, 15) is 24.1 Å². The highest BCUT2D eigenvalue weighted by Gasteiger charge is 2.48. The second-order valence-corrected chi connectivity index (χ2v) is 10.3. The van der Waals surface area contributed by atoms with Gasteiger partial charge in [-0.2, -0.15) is 0 Å². The fourth-order valence-electron chi connectivity index (χ4n) is 5.05. The molecule has 0 saturated carbocycles. The Balaban J connectivity index is 1.43. The predicted octanol–water partition coefficient (Wildman–Crippen LogP) is 3.36.